The van der Waals surface area contributed by atoms with Gasteiger partial charge in [0.15, 0.2) is 0 Å². The molecule has 1 fully saturated rings. The lowest BCUT2D eigenvalue weighted by atomic mass is 9.99. The molecular weight excluding hydrogens is 292 g/mol. The summed E-state index contributed by atoms with van der Waals surface area (Å²) < 4.78 is 7.56. The Kier molecular flexibility index (Phi) is 3.00. The van der Waals surface area contributed by atoms with E-state index < -0.39 is 0 Å². The third kappa shape index (κ3) is 2.49. The number of ether oxygens (including phenoxy) is 1. The molecule has 3 rings (SSSR count). The van der Waals surface area contributed by atoms with Crippen LogP contribution < -0.4 is 4.90 Å². The molecule has 1 saturated heterocycles. The number of anilines is 1. The molecule has 0 aromatic carbocycles. The Morgan fingerprint density at radius 2 is 1.95 bits per heavy atom. The molecule has 1 aliphatic rings. The van der Waals surface area contributed by atoms with Crippen LogP contribution in [0.2, 0.25) is 0 Å². The SMILES string of the molecule is CC1(C)CN(c2nc3sccn3c2[N+](=O)[O-])CC(C)(C)O1. The van der Waals surface area contributed by atoms with Crippen LogP contribution >= 0.6 is 11.3 Å². The minimum Gasteiger partial charge on any atom is -0.366 e. The average Bonchev–Trinajstić information content (AvgIpc) is 2.81. The average molecular weight is 310 g/mol. The van der Waals surface area contributed by atoms with E-state index in [-0.39, 0.29) is 21.9 Å². The predicted molar refractivity (Wildman–Crippen MR) is 81.2 cm³/mol. The van der Waals surface area contributed by atoms with Crippen LogP contribution in [0.4, 0.5) is 11.6 Å². The summed E-state index contributed by atoms with van der Waals surface area (Å²) in [5.74, 6) is 0.455. The summed E-state index contributed by atoms with van der Waals surface area (Å²) in [7, 11) is 0. The van der Waals surface area contributed by atoms with Crippen LogP contribution in [0.15, 0.2) is 11.6 Å². The first-order valence-corrected chi connectivity index (χ1v) is 7.62. The Balaban J connectivity index is 2.09. The van der Waals surface area contributed by atoms with Gasteiger partial charge in [0, 0.05) is 18.5 Å². The maximum atomic E-state index is 11.5. The largest absolute Gasteiger partial charge is 0.373 e. The quantitative estimate of drug-likeness (QED) is 0.630. The number of hydrogen-bond donors (Lipinski definition) is 0. The van der Waals surface area contributed by atoms with Crippen molar-refractivity contribution in [2.24, 2.45) is 0 Å². The second kappa shape index (κ2) is 4.41. The van der Waals surface area contributed by atoms with Gasteiger partial charge in [0.2, 0.25) is 5.82 Å². The van der Waals surface area contributed by atoms with E-state index in [2.05, 4.69) is 4.98 Å². The van der Waals surface area contributed by atoms with Gasteiger partial charge in [-0.15, -0.1) is 0 Å². The van der Waals surface area contributed by atoms with E-state index in [1.165, 1.54) is 15.7 Å². The van der Waals surface area contributed by atoms with Gasteiger partial charge in [-0.1, -0.05) is 11.3 Å². The van der Waals surface area contributed by atoms with Crippen molar-refractivity contribution in [2.75, 3.05) is 18.0 Å². The molecule has 0 aliphatic carbocycles. The first-order valence-electron chi connectivity index (χ1n) is 6.74. The normalized spacial score (nSPS) is 20.9. The zero-order valence-electron chi connectivity index (χ0n) is 12.5. The lowest BCUT2D eigenvalue weighted by Gasteiger charge is -2.47. The Bertz CT molecular complexity index is 687. The van der Waals surface area contributed by atoms with Gasteiger partial charge in [-0.3, -0.25) is 0 Å². The molecule has 0 atom stereocenters. The summed E-state index contributed by atoms with van der Waals surface area (Å²) in [4.78, 5) is 18.1. The Labute approximate surface area is 126 Å². The molecule has 0 spiro atoms. The highest BCUT2D eigenvalue weighted by atomic mass is 32.1. The van der Waals surface area contributed by atoms with Crippen LogP contribution in [-0.4, -0.2) is 38.6 Å². The fourth-order valence-electron chi connectivity index (χ4n) is 3.08. The maximum absolute atomic E-state index is 11.5. The van der Waals surface area contributed by atoms with Crippen molar-refractivity contribution in [3.8, 4) is 0 Å². The van der Waals surface area contributed by atoms with Crippen LogP contribution in [0.3, 0.4) is 0 Å². The van der Waals surface area contributed by atoms with Crippen LogP contribution in [-0.2, 0) is 4.74 Å². The molecule has 2 aromatic rings. The summed E-state index contributed by atoms with van der Waals surface area (Å²) in [5.41, 5.74) is -0.765. The van der Waals surface area contributed by atoms with E-state index in [9.17, 15) is 10.1 Å². The molecule has 1 aliphatic heterocycles. The molecule has 0 unspecified atom stereocenters. The Hall–Kier alpha value is -1.67. The lowest BCUT2D eigenvalue weighted by molar-refractivity contribution is -0.389. The van der Waals surface area contributed by atoms with Crippen molar-refractivity contribution in [1.29, 1.82) is 0 Å². The summed E-state index contributed by atoms with van der Waals surface area (Å²) in [5, 5.41) is 13.2. The number of hydrogen-bond acceptors (Lipinski definition) is 6. The molecule has 2 aromatic heterocycles. The number of nitrogens with zero attached hydrogens (tertiary/aromatic N) is 4. The van der Waals surface area contributed by atoms with Gasteiger partial charge >= 0.3 is 5.82 Å². The molecule has 0 radical (unpaired) electrons. The summed E-state index contributed by atoms with van der Waals surface area (Å²) >= 11 is 1.39. The second-order valence-corrected chi connectivity index (χ2v) is 7.42. The summed E-state index contributed by atoms with van der Waals surface area (Å²) in [6, 6.07) is 0. The molecule has 3 heterocycles. The molecule has 0 N–H and O–H groups in total. The highest BCUT2D eigenvalue weighted by Gasteiger charge is 2.41. The lowest BCUT2D eigenvalue weighted by Crippen LogP contribution is -2.57. The van der Waals surface area contributed by atoms with Gasteiger partial charge in [-0.25, -0.2) is 0 Å². The van der Waals surface area contributed by atoms with Gasteiger partial charge < -0.3 is 19.8 Å². The molecule has 114 valence electrons. The van der Waals surface area contributed by atoms with E-state index in [1.807, 2.05) is 32.6 Å². The van der Waals surface area contributed by atoms with Crippen molar-refractivity contribution in [3.63, 3.8) is 0 Å². The van der Waals surface area contributed by atoms with E-state index >= 15 is 0 Å². The zero-order valence-corrected chi connectivity index (χ0v) is 13.3. The summed E-state index contributed by atoms with van der Waals surface area (Å²) in [6.07, 6.45) is 1.69. The van der Waals surface area contributed by atoms with Crippen molar-refractivity contribution in [1.82, 2.24) is 9.38 Å². The molecule has 7 nitrogen and oxygen atoms in total. The van der Waals surface area contributed by atoms with E-state index in [0.717, 1.165) is 0 Å². The number of morpholine rings is 1. The highest BCUT2D eigenvalue weighted by molar-refractivity contribution is 7.15. The topological polar surface area (TPSA) is 72.9 Å². The minimum atomic E-state index is -0.382. The first-order chi connectivity index (χ1) is 9.69. The Morgan fingerprint density at radius 3 is 2.52 bits per heavy atom. The molecule has 8 heteroatoms. The molecule has 0 amide bonds. The maximum Gasteiger partial charge on any atom is 0.373 e. The van der Waals surface area contributed by atoms with Crippen molar-refractivity contribution >= 4 is 27.9 Å². The van der Waals surface area contributed by atoms with E-state index in [0.29, 0.717) is 23.9 Å². The third-order valence-electron chi connectivity index (χ3n) is 3.39. The number of rotatable bonds is 2. The minimum absolute atomic E-state index is 0.0275. The number of imidazole rings is 1. The van der Waals surface area contributed by atoms with Gasteiger partial charge in [-0.05, 0) is 32.6 Å². The van der Waals surface area contributed by atoms with E-state index in [4.69, 9.17) is 4.74 Å². The van der Waals surface area contributed by atoms with Gasteiger partial charge in [0.05, 0.1) is 11.2 Å². The number of fused-ring (bicyclic) bond motifs is 1. The standard InChI is InChI=1S/C13H18N4O3S/c1-12(2)7-15(8-13(3,4)20-12)9-10(17(18)19)16-5-6-21-11(16)14-9/h5-6H,7-8H2,1-4H3. The van der Waals surface area contributed by atoms with Gasteiger partial charge in [0.1, 0.15) is 6.20 Å². The zero-order chi connectivity index (χ0) is 15.4. The third-order valence-corrected chi connectivity index (χ3v) is 4.14. The number of thiazole rings is 1. The van der Waals surface area contributed by atoms with E-state index in [1.54, 1.807) is 11.6 Å². The van der Waals surface area contributed by atoms with Gasteiger partial charge in [0.25, 0.3) is 4.96 Å². The molecule has 0 bridgehead atoms. The predicted octanol–water partition coefficient (Wildman–Crippen LogP) is 2.70. The molecular formula is C13H18N4O3S. The number of aromatic nitrogens is 2. The Morgan fingerprint density at radius 1 is 1.33 bits per heavy atom. The summed E-state index contributed by atoms with van der Waals surface area (Å²) in [6.45, 7) is 9.11. The smallest absolute Gasteiger partial charge is 0.366 e. The fourth-order valence-corrected chi connectivity index (χ4v) is 3.79. The fraction of sp³-hybridized carbons (Fsp3) is 0.615. The monoisotopic (exact) mass is 310 g/mol. The number of nitro groups is 1. The van der Waals surface area contributed by atoms with Crippen molar-refractivity contribution in [3.05, 3.63) is 21.7 Å². The molecule has 21 heavy (non-hydrogen) atoms. The highest BCUT2D eigenvalue weighted by Crippen LogP contribution is 2.36. The van der Waals surface area contributed by atoms with Crippen molar-refractivity contribution in [2.45, 2.75) is 38.9 Å². The second-order valence-electron chi connectivity index (χ2n) is 6.55. The van der Waals surface area contributed by atoms with Crippen LogP contribution in [0, 0.1) is 10.1 Å². The van der Waals surface area contributed by atoms with Gasteiger partial charge in [-0.2, -0.15) is 9.38 Å². The molecule has 0 saturated carbocycles. The first kappa shape index (κ1) is 14.3. The van der Waals surface area contributed by atoms with Crippen LogP contribution in [0.5, 0.6) is 0 Å². The van der Waals surface area contributed by atoms with Crippen molar-refractivity contribution < 1.29 is 9.66 Å². The van der Waals surface area contributed by atoms with Crippen LogP contribution in [0.1, 0.15) is 27.7 Å². The van der Waals surface area contributed by atoms with Crippen LogP contribution in [0.25, 0.3) is 4.96 Å².